The van der Waals surface area contributed by atoms with Crippen LogP contribution in [0.5, 0.6) is 5.75 Å². The van der Waals surface area contributed by atoms with Gasteiger partial charge in [0.25, 0.3) is 0 Å². The zero-order chi connectivity index (χ0) is 18.4. The van der Waals surface area contributed by atoms with Crippen molar-refractivity contribution in [3.63, 3.8) is 0 Å². The molecule has 1 aliphatic rings. The molecule has 0 spiro atoms. The Morgan fingerprint density at radius 3 is 2.50 bits per heavy atom. The number of rotatable bonds is 5. The Bertz CT molecular complexity index is 783. The minimum absolute atomic E-state index is 0.0233. The third-order valence-electron chi connectivity index (χ3n) is 4.41. The topological polar surface area (TPSA) is 32.8 Å². The summed E-state index contributed by atoms with van der Waals surface area (Å²) in [6.45, 7) is 5.47. The molecule has 1 saturated heterocycles. The van der Waals surface area contributed by atoms with Crippen molar-refractivity contribution >= 4 is 29.3 Å². The Hall–Kier alpha value is -2.46. The third kappa shape index (κ3) is 4.38. The van der Waals surface area contributed by atoms with Crippen LogP contribution in [0, 0.1) is 0 Å². The maximum absolute atomic E-state index is 12.5. The molecule has 1 fully saturated rings. The molecule has 0 radical (unpaired) electrons. The zero-order valence-electron chi connectivity index (χ0n) is 14.9. The summed E-state index contributed by atoms with van der Waals surface area (Å²) in [5.41, 5.74) is 1.94. The first-order valence-electron chi connectivity index (χ1n) is 8.87. The number of hydrogen-bond acceptors (Lipinski definition) is 3. The summed E-state index contributed by atoms with van der Waals surface area (Å²) in [5, 5.41) is 0.750. The van der Waals surface area contributed by atoms with Gasteiger partial charge in [-0.15, -0.1) is 0 Å². The Balaban J connectivity index is 1.60. The van der Waals surface area contributed by atoms with Gasteiger partial charge in [-0.05, 0) is 31.2 Å². The molecule has 1 amide bonds. The summed E-state index contributed by atoms with van der Waals surface area (Å²) in [6, 6.07) is 15.6. The second kappa shape index (κ2) is 8.77. The molecule has 0 unspecified atom stereocenters. The van der Waals surface area contributed by atoms with E-state index in [0.29, 0.717) is 19.7 Å². The molecule has 136 valence electrons. The maximum Gasteiger partial charge on any atom is 0.246 e. The summed E-state index contributed by atoms with van der Waals surface area (Å²) in [6.07, 6.45) is 3.46. The fraction of sp³-hybridized carbons (Fsp3) is 0.286. The lowest BCUT2D eigenvalue weighted by Crippen LogP contribution is -2.48. The van der Waals surface area contributed by atoms with E-state index in [1.54, 1.807) is 6.08 Å². The van der Waals surface area contributed by atoms with Gasteiger partial charge in [0.1, 0.15) is 5.75 Å². The minimum Gasteiger partial charge on any atom is -0.493 e. The number of piperazine rings is 1. The average Bonchev–Trinajstić information content (AvgIpc) is 2.68. The fourth-order valence-corrected chi connectivity index (χ4v) is 3.30. The van der Waals surface area contributed by atoms with Crippen molar-refractivity contribution in [1.82, 2.24) is 4.90 Å². The van der Waals surface area contributed by atoms with E-state index in [1.165, 1.54) is 0 Å². The van der Waals surface area contributed by atoms with Crippen LogP contribution in [0.3, 0.4) is 0 Å². The molecular formula is C21H23ClN2O2. The molecule has 5 heteroatoms. The average molecular weight is 371 g/mol. The molecule has 0 bridgehead atoms. The number of benzene rings is 2. The summed E-state index contributed by atoms with van der Waals surface area (Å²) < 4.78 is 5.59. The van der Waals surface area contributed by atoms with Crippen molar-refractivity contribution in [2.75, 3.05) is 37.7 Å². The molecule has 0 N–H and O–H groups in total. The first kappa shape index (κ1) is 18.3. The highest BCUT2D eigenvalue weighted by atomic mass is 35.5. The number of carbonyl (C=O) groups excluding carboxylic acids is 1. The van der Waals surface area contributed by atoms with Gasteiger partial charge >= 0.3 is 0 Å². The van der Waals surface area contributed by atoms with E-state index < -0.39 is 0 Å². The van der Waals surface area contributed by atoms with Crippen LogP contribution in [0.1, 0.15) is 12.5 Å². The Kier molecular flexibility index (Phi) is 6.18. The first-order chi connectivity index (χ1) is 12.7. The molecule has 0 aromatic heterocycles. The molecule has 2 aromatic carbocycles. The van der Waals surface area contributed by atoms with Crippen LogP contribution in [0.25, 0.3) is 6.08 Å². The SMILES string of the molecule is CCOc1ccccc1/C=C/C(=O)N1CCN(c2ccccc2Cl)CC1. The van der Waals surface area contributed by atoms with Crippen molar-refractivity contribution in [2.24, 2.45) is 0 Å². The lowest BCUT2D eigenvalue weighted by atomic mass is 10.2. The number of halogens is 1. The van der Waals surface area contributed by atoms with Crippen LogP contribution in [-0.2, 0) is 4.79 Å². The quantitative estimate of drug-likeness (QED) is 0.743. The number of nitrogens with zero attached hydrogens (tertiary/aromatic N) is 2. The van der Waals surface area contributed by atoms with Crippen LogP contribution in [-0.4, -0.2) is 43.6 Å². The largest absolute Gasteiger partial charge is 0.493 e. The molecular weight excluding hydrogens is 348 g/mol. The molecule has 4 nitrogen and oxygen atoms in total. The van der Waals surface area contributed by atoms with Gasteiger partial charge < -0.3 is 14.5 Å². The number of hydrogen-bond donors (Lipinski definition) is 0. The fourth-order valence-electron chi connectivity index (χ4n) is 3.05. The molecule has 0 atom stereocenters. The molecule has 3 rings (SSSR count). The van der Waals surface area contributed by atoms with Crippen molar-refractivity contribution in [3.8, 4) is 5.75 Å². The summed E-state index contributed by atoms with van der Waals surface area (Å²) in [4.78, 5) is 16.6. The normalized spacial score (nSPS) is 14.7. The summed E-state index contributed by atoms with van der Waals surface area (Å²) >= 11 is 6.27. The first-order valence-corrected chi connectivity index (χ1v) is 9.25. The van der Waals surface area contributed by atoms with E-state index in [-0.39, 0.29) is 5.91 Å². The van der Waals surface area contributed by atoms with Crippen LogP contribution >= 0.6 is 11.6 Å². The number of ether oxygens (including phenoxy) is 1. The number of amides is 1. The van der Waals surface area contributed by atoms with E-state index in [1.807, 2.05) is 66.4 Å². The maximum atomic E-state index is 12.5. The number of carbonyl (C=O) groups is 1. The second-order valence-corrected chi connectivity index (χ2v) is 6.48. The lowest BCUT2D eigenvalue weighted by molar-refractivity contribution is -0.126. The smallest absolute Gasteiger partial charge is 0.246 e. The Morgan fingerprint density at radius 1 is 1.08 bits per heavy atom. The van der Waals surface area contributed by atoms with Gasteiger partial charge in [0.05, 0.1) is 17.3 Å². The third-order valence-corrected chi connectivity index (χ3v) is 4.73. The van der Waals surface area contributed by atoms with Gasteiger partial charge in [0.15, 0.2) is 0 Å². The van der Waals surface area contributed by atoms with E-state index in [2.05, 4.69) is 4.90 Å². The van der Waals surface area contributed by atoms with Crippen molar-refractivity contribution in [2.45, 2.75) is 6.92 Å². The summed E-state index contributed by atoms with van der Waals surface area (Å²) in [7, 11) is 0. The number of anilines is 1. The highest BCUT2D eigenvalue weighted by Gasteiger charge is 2.21. The van der Waals surface area contributed by atoms with E-state index in [9.17, 15) is 4.79 Å². The van der Waals surface area contributed by atoms with Gasteiger partial charge in [0, 0.05) is 37.8 Å². The lowest BCUT2D eigenvalue weighted by Gasteiger charge is -2.36. The van der Waals surface area contributed by atoms with E-state index >= 15 is 0 Å². The molecule has 0 aliphatic carbocycles. The van der Waals surface area contributed by atoms with Gasteiger partial charge in [-0.3, -0.25) is 4.79 Å². The molecule has 1 heterocycles. The van der Waals surface area contributed by atoms with Gasteiger partial charge in [-0.25, -0.2) is 0 Å². The standard InChI is InChI=1S/C21H23ClN2O2/c1-2-26-20-10-6-3-7-17(20)11-12-21(25)24-15-13-23(14-16-24)19-9-5-4-8-18(19)22/h3-12H,2,13-16H2,1H3/b12-11+. The van der Waals surface area contributed by atoms with Crippen molar-refractivity contribution in [1.29, 1.82) is 0 Å². The van der Waals surface area contributed by atoms with Gasteiger partial charge in [-0.1, -0.05) is 41.9 Å². The highest BCUT2D eigenvalue weighted by molar-refractivity contribution is 6.33. The molecule has 26 heavy (non-hydrogen) atoms. The molecule has 0 saturated carbocycles. The highest BCUT2D eigenvalue weighted by Crippen LogP contribution is 2.26. The van der Waals surface area contributed by atoms with Crippen LogP contribution in [0.2, 0.25) is 5.02 Å². The molecule has 1 aliphatic heterocycles. The van der Waals surface area contributed by atoms with Gasteiger partial charge in [0.2, 0.25) is 5.91 Å². The Labute approximate surface area is 159 Å². The summed E-state index contributed by atoms with van der Waals surface area (Å²) in [5.74, 6) is 0.817. The van der Waals surface area contributed by atoms with Crippen molar-refractivity contribution < 1.29 is 9.53 Å². The van der Waals surface area contributed by atoms with E-state index in [0.717, 1.165) is 35.1 Å². The number of para-hydroxylation sites is 2. The Morgan fingerprint density at radius 2 is 1.77 bits per heavy atom. The van der Waals surface area contributed by atoms with Crippen molar-refractivity contribution in [3.05, 3.63) is 65.2 Å². The predicted molar refractivity (Wildman–Crippen MR) is 107 cm³/mol. The monoisotopic (exact) mass is 370 g/mol. The predicted octanol–water partition coefficient (Wildman–Crippen LogP) is 4.10. The van der Waals surface area contributed by atoms with E-state index in [4.69, 9.17) is 16.3 Å². The van der Waals surface area contributed by atoms with Crippen LogP contribution in [0.15, 0.2) is 54.6 Å². The van der Waals surface area contributed by atoms with Gasteiger partial charge in [-0.2, -0.15) is 0 Å². The van der Waals surface area contributed by atoms with Crippen LogP contribution in [0.4, 0.5) is 5.69 Å². The second-order valence-electron chi connectivity index (χ2n) is 6.07. The van der Waals surface area contributed by atoms with Crippen LogP contribution < -0.4 is 9.64 Å². The molecule has 2 aromatic rings. The minimum atomic E-state index is 0.0233. The zero-order valence-corrected chi connectivity index (χ0v) is 15.7.